The van der Waals surface area contributed by atoms with Crippen molar-refractivity contribution in [3.05, 3.63) is 80.6 Å². The van der Waals surface area contributed by atoms with Crippen molar-refractivity contribution >= 4 is 64.3 Å². The molecule has 8 rings (SSSR count). The molecule has 6 aliphatic rings. The Labute approximate surface area is 293 Å². The molecule has 2 aromatic carbocycles. The van der Waals surface area contributed by atoms with E-state index in [1.54, 1.807) is 29.2 Å². The van der Waals surface area contributed by atoms with E-state index < -0.39 is 34.3 Å². The average Bonchev–Trinajstić information content (AvgIpc) is 3.10. The number of ether oxygens (including phenoxy) is 3. The van der Waals surface area contributed by atoms with Crippen LogP contribution in [-0.2, 0) is 23.8 Å². The number of ketones is 4. The molecule has 0 atom stereocenters. The number of benzene rings is 2. The van der Waals surface area contributed by atoms with Gasteiger partial charge in [0.15, 0.2) is 0 Å². The lowest BCUT2D eigenvalue weighted by atomic mass is 9.90. The smallest absolute Gasteiger partial charge is 0.410 e. The highest BCUT2D eigenvalue weighted by Crippen LogP contribution is 2.48. The first-order chi connectivity index (χ1) is 23.4. The third-order valence-corrected chi connectivity index (χ3v) is 12.2. The van der Waals surface area contributed by atoms with Crippen LogP contribution in [0.3, 0.4) is 0 Å². The number of amides is 1. The number of hydrogen-bond acceptors (Lipinski definition) is 11. The standard InChI is InChI=1S/C21H23NO5S.C16H15NO3S/c1-20(2,3)27-19(25)22-10-8-21(9-11-22)12-28-18-16(24)15(23)13-6-4-5-7-14(13)17(18)26-21;18-12-10-3-1-2-4-11(10)14-15(13(12)19)21-9-16(20-14)5-7-17-8-6-16/h4-7H,8-12H2,1-3H3;1-4,17H,5-9H2. The quantitative estimate of drug-likeness (QED) is 0.342. The van der Waals surface area contributed by atoms with Crippen LogP contribution < -0.4 is 5.32 Å². The first kappa shape index (κ1) is 33.6. The maximum absolute atomic E-state index is 12.5. The Morgan fingerprint density at radius 2 is 1.12 bits per heavy atom. The summed E-state index contributed by atoms with van der Waals surface area (Å²) in [7, 11) is 0. The summed E-state index contributed by atoms with van der Waals surface area (Å²) in [5.74, 6) is 0.680. The van der Waals surface area contributed by atoms with Crippen molar-refractivity contribution in [3.63, 3.8) is 0 Å². The van der Waals surface area contributed by atoms with Gasteiger partial charge in [-0.1, -0.05) is 48.5 Å². The van der Waals surface area contributed by atoms with Crippen LogP contribution in [0.2, 0.25) is 0 Å². The number of Topliss-reactive ketones (excluding diaryl/α,β-unsaturated/α-hetero) is 4. The Hall–Kier alpha value is -3.87. The zero-order chi connectivity index (χ0) is 34.6. The molecule has 0 saturated carbocycles. The van der Waals surface area contributed by atoms with E-state index in [1.165, 1.54) is 23.5 Å². The third-order valence-electron chi connectivity index (χ3n) is 9.51. The number of thioether (sulfide) groups is 2. The van der Waals surface area contributed by atoms with Gasteiger partial charge < -0.3 is 24.4 Å². The predicted molar refractivity (Wildman–Crippen MR) is 187 cm³/mol. The van der Waals surface area contributed by atoms with Gasteiger partial charge in [0.05, 0.1) is 0 Å². The number of fused-ring (bicyclic) bond motifs is 4. The lowest BCUT2D eigenvalue weighted by Gasteiger charge is -2.45. The highest BCUT2D eigenvalue weighted by molar-refractivity contribution is 8.04. The number of carbonyl (C=O) groups excluding carboxylic acids is 5. The van der Waals surface area contributed by atoms with E-state index >= 15 is 0 Å². The second-order valence-electron chi connectivity index (χ2n) is 14.1. The van der Waals surface area contributed by atoms with Crippen LogP contribution in [0.4, 0.5) is 4.79 Å². The van der Waals surface area contributed by atoms with Crippen molar-refractivity contribution < 1.29 is 38.2 Å². The molecule has 0 radical (unpaired) electrons. The van der Waals surface area contributed by atoms with Crippen LogP contribution in [0.5, 0.6) is 0 Å². The molecule has 2 aromatic rings. The van der Waals surface area contributed by atoms with E-state index in [1.807, 2.05) is 45.0 Å². The number of carbonyl (C=O) groups is 5. The van der Waals surface area contributed by atoms with Gasteiger partial charge in [0.25, 0.3) is 0 Å². The van der Waals surface area contributed by atoms with Gasteiger partial charge in [-0.05, 0) is 33.9 Å². The summed E-state index contributed by atoms with van der Waals surface area (Å²) in [6.07, 6.45) is 2.86. The van der Waals surface area contributed by atoms with Gasteiger partial charge in [-0.25, -0.2) is 4.79 Å². The normalized spacial score (nSPS) is 22.2. The number of allylic oxidation sites excluding steroid dienone is 2. The molecule has 2 saturated heterocycles. The van der Waals surface area contributed by atoms with Crippen LogP contribution in [-0.4, -0.2) is 88.6 Å². The van der Waals surface area contributed by atoms with Crippen LogP contribution in [0.15, 0.2) is 58.3 Å². The number of hydrogen-bond donors (Lipinski definition) is 1. The predicted octanol–water partition coefficient (Wildman–Crippen LogP) is 5.66. The van der Waals surface area contributed by atoms with Gasteiger partial charge in [0.2, 0.25) is 23.1 Å². The molecule has 2 fully saturated rings. The molecule has 4 aliphatic heterocycles. The van der Waals surface area contributed by atoms with Crippen LogP contribution >= 0.6 is 23.5 Å². The van der Waals surface area contributed by atoms with Crippen molar-refractivity contribution in [2.45, 2.75) is 63.3 Å². The summed E-state index contributed by atoms with van der Waals surface area (Å²) in [5, 5.41) is 3.34. The first-order valence-electron chi connectivity index (χ1n) is 16.6. The topological polar surface area (TPSA) is 128 Å². The summed E-state index contributed by atoms with van der Waals surface area (Å²) in [4.78, 5) is 64.2. The molecule has 4 heterocycles. The van der Waals surface area contributed by atoms with Crippen molar-refractivity contribution in [1.82, 2.24) is 10.2 Å². The molecular formula is C37H38N2O8S2. The van der Waals surface area contributed by atoms with Crippen LogP contribution in [0, 0.1) is 0 Å². The number of piperidine rings is 2. The lowest BCUT2D eigenvalue weighted by Crippen LogP contribution is -2.51. The van der Waals surface area contributed by atoms with E-state index in [2.05, 4.69) is 5.32 Å². The van der Waals surface area contributed by atoms with Crippen LogP contribution in [0.25, 0.3) is 11.5 Å². The van der Waals surface area contributed by atoms with E-state index in [9.17, 15) is 24.0 Å². The Balaban J connectivity index is 0.000000160. The zero-order valence-electron chi connectivity index (χ0n) is 27.7. The Morgan fingerprint density at radius 3 is 1.57 bits per heavy atom. The van der Waals surface area contributed by atoms with Crippen LogP contribution in [0.1, 0.15) is 78.3 Å². The second-order valence-corrected chi connectivity index (χ2v) is 16.1. The Bertz CT molecular complexity index is 1830. The fraction of sp³-hybridized carbons (Fsp3) is 0.432. The molecule has 1 N–H and O–H groups in total. The van der Waals surface area contributed by atoms with Gasteiger partial charge in [0, 0.05) is 72.5 Å². The fourth-order valence-electron chi connectivity index (χ4n) is 6.82. The zero-order valence-corrected chi connectivity index (χ0v) is 29.4. The number of nitrogens with zero attached hydrogens (tertiary/aromatic N) is 1. The van der Waals surface area contributed by atoms with Gasteiger partial charge >= 0.3 is 6.09 Å². The Kier molecular flexibility index (Phi) is 8.77. The maximum atomic E-state index is 12.5. The molecule has 1 amide bonds. The number of nitrogens with one attached hydrogen (secondary N) is 1. The minimum absolute atomic E-state index is 0.206. The van der Waals surface area contributed by atoms with E-state index in [0.717, 1.165) is 37.2 Å². The molecule has 2 aliphatic carbocycles. The van der Waals surface area contributed by atoms with E-state index in [4.69, 9.17) is 14.2 Å². The maximum Gasteiger partial charge on any atom is 0.410 e. The highest BCUT2D eigenvalue weighted by atomic mass is 32.2. The van der Waals surface area contributed by atoms with Gasteiger partial charge in [-0.2, -0.15) is 0 Å². The second kappa shape index (κ2) is 12.8. The molecule has 12 heteroatoms. The first-order valence-corrected chi connectivity index (χ1v) is 18.5. The number of likely N-dealkylation sites (tertiary alicyclic amines) is 1. The largest absolute Gasteiger partial charge is 0.484 e. The van der Waals surface area contributed by atoms with Crippen molar-refractivity contribution in [2.24, 2.45) is 0 Å². The summed E-state index contributed by atoms with van der Waals surface area (Å²) < 4.78 is 18.2. The van der Waals surface area contributed by atoms with Crippen molar-refractivity contribution in [1.29, 1.82) is 0 Å². The molecule has 256 valence electrons. The summed E-state index contributed by atoms with van der Waals surface area (Å²) >= 11 is 2.88. The molecule has 10 nitrogen and oxygen atoms in total. The Morgan fingerprint density at radius 1 is 0.694 bits per heavy atom. The molecule has 0 aromatic heterocycles. The molecule has 0 unspecified atom stereocenters. The minimum atomic E-state index is -0.526. The summed E-state index contributed by atoms with van der Waals surface area (Å²) in [5.41, 5.74) is 1.13. The fourth-order valence-corrected chi connectivity index (χ4v) is 9.35. The monoisotopic (exact) mass is 702 g/mol. The minimum Gasteiger partial charge on any atom is -0.484 e. The SMILES string of the molecule is CC(C)(C)OC(=O)N1CCC2(CC1)CSC1=C(O2)c2ccccc2C(=O)C1=O.O=C1C(=O)c2ccccc2C2=C1SCC1(CCNCC1)O2. The van der Waals surface area contributed by atoms with Gasteiger partial charge in [-0.3, -0.25) is 19.2 Å². The van der Waals surface area contributed by atoms with Gasteiger partial charge in [-0.15, -0.1) is 23.5 Å². The number of rotatable bonds is 0. The molecule has 2 spiro atoms. The van der Waals surface area contributed by atoms with Gasteiger partial charge in [0.1, 0.15) is 38.1 Å². The van der Waals surface area contributed by atoms with E-state index in [0.29, 0.717) is 69.7 Å². The molecule has 49 heavy (non-hydrogen) atoms. The highest BCUT2D eigenvalue weighted by Gasteiger charge is 2.47. The average molecular weight is 703 g/mol. The summed E-state index contributed by atoms with van der Waals surface area (Å²) in [6, 6.07) is 14.3. The van der Waals surface area contributed by atoms with Crippen molar-refractivity contribution in [2.75, 3.05) is 37.7 Å². The molecule has 0 bridgehead atoms. The third kappa shape index (κ3) is 6.34. The summed E-state index contributed by atoms with van der Waals surface area (Å²) in [6.45, 7) is 8.48. The lowest BCUT2D eigenvalue weighted by molar-refractivity contribution is -0.112. The van der Waals surface area contributed by atoms with E-state index in [-0.39, 0.29) is 11.7 Å². The van der Waals surface area contributed by atoms with Crippen molar-refractivity contribution in [3.8, 4) is 0 Å². The molecular weight excluding hydrogens is 665 g/mol.